The first-order valence-electron chi connectivity index (χ1n) is 5.33. The summed E-state index contributed by atoms with van der Waals surface area (Å²) >= 11 is 0. The number of oxazole rings is 1. The smallest absolute Gasteiger partial charge is 0.308 e. The van der Waals surface area contributed by atoms with E-state index >= 15 is 0 Å². The Labute approximate surface area is 94.8 Å². The van der Waals surface area contributed by atoms with Gasteiger partial charge in [-0.2, -0.15) is 0 Å². The molecular formula is C11H17NO4. The first-order chi connectivity index (χ1) is 7.67. The van der Waals surface area contributed by atoms with E-state index in [0.29, 0.717) is 37.7 Å². The Hall–Kier alpha value is -1.52. The van der Waals surface area contributed by atoms with E-state index in [1.165, 1.54) is 7.11 Å². The molecule has 1 heterocycles. The number of hydrogen-bond donors (Lipinski definition) is 0. The van der Waals surface area contributed by atoms with Crippen LogP contribution in [0.4, 0.5) is 0 Å². The standard InChI is InChI=1S/C11H17NO4/c1-4-15-11-8(2)12-9(16-11)6-5-7-10(13)14-3/h4-7H2,1-3H3. The molecular weight excluding hydrogens is 210 g/mol. The van der Waals surface area contributed by atoms with Crippen LogP contribution in [0.5, 0.6) is 5.95 Å². The molecule has 1 rings (SSSR count). The van der Waals surface area contributed by atoms with Crippen LogP contribution in [0.1, 0.15) is 31.4 Å². The van der Waals surface area contributed by atoms with Gasteiger partial charge >= 0.3 is 11.9 Å². The molecule has 16 heavy (non-hydrogen) atoms. The summed E-state index contributed by atoms with van der Waals surface area (Å²) < 4.78 is 15.2. The second-order valence-corrected chi connectivity index (χ2v) is 3.34. The van der Waals surface area contributed by atoms with Gasteiger partial charge in [-0.25, -0.2) is 4.98 Å². The highest BCUT2D eigenvalue weighted by molar-refractivity contribution is 5.69. The highest BCUT2D eigenvalue weighted by atomic mass is 16.6. The third kappa shape index (κ3) is 3.56. The molecule has 0 spiro atoms. The molecule has 5 heteroatoms. The highest BCUT2D eigenvalue weighted by Gasteiger charge is 2.10. The van der Waals surface area contributed by atoms with Gasteiger partial charge in [0, 0.05) is 12.8 Å². The lowest BCUT2D eigenvalue weighted by molar-refractivity contribution is -0.140. The Kier molecular flexibility index (Phi) is 4.82. The molecule has 0 saturated heterocycles. The Balaban J connectivity index is 2.42. The maximum atomic E-state index is 10.9. The molecule has 1 aromatic rings. The molecule has 0 atom stereocenters. The largest absolute Gasteiger partial charge is 0.469 e. The molecule has 0 amide bonds. The predicted molar refractivity (Wildman–Crippen MR) is 57.4 cm³/mol. The minimum atomic E-state index is -0.215. The van der Waals surface area contributed by atoms with E-state index in [0.717, 1.165) is 5.69 Å². The van der Waals surface area contributed by atoms with Gasteiger partial charge in [-0.15, -0.1) is 0 Å². The van der Waals surface area contributed by atoms with E-state index in [1.54, 1.807) is 0 Å². The van der Waals surface area contributed by atoms with Crippen LogP contribution in [0.25, 0.3) is 0 Å². The predicted octanol–water partition coefficient (Wildman–Crippen LogP) is 1.88. The number of esters is 1. The van der Waals surface area contributed by atoms with Gasteiger partial charge in [-0.1, -0.05) is 0 Å². The Bertz CT molecular complexity index is 346. The van der Waals surface area contributed by atoms with Crippen molar-refractivity contribution in [3.8, 4) is 5.95 Å². The van der Waals surface area contributed by atoms with Gasteiger partial charge in [0.1, 0.15) is 5.69 Å². The molecule has 0 saturated carbocycles. The molecule has 0 N–H and O–H groups in total. The first-order valence-corrected chi connectivity index (χ1v) is 5.33. The summed E-state index contributed by atoms with van der Waals surface area (Å²) in [5.41, 5.74) is 0.745. The quantitative estimate of drug-likeness (QED) is 0.694. The Morgan fingerprint density at radius 3 is 2.88 bits per heavy atom. The SMILES string of the molecule is CCOc1oc(CCCC(=O)OC)nc1C. The van der Waals surface area contributed by atoms with E-state index < -0.39 is 0 Å². The van der Waals surface area contributed by atoms with Gasteiger partial charge in [0.15, 0.2) is 5.89 Å². The van der Waals surface area contributed by atoms with Crippen LogP contribution in [-0.2, 0) is 16.0 Å². The van der Waals surface area contributed by atoms with Crippen molar-refractivity contribution >= 4 is 5.97 Å². The molecule has 0 unspecified atom stereocenters. The summed E-state index contributed by atoms with van der Waals surface area (Å²) in [6.07, 6.45) is 1.66. The molecule has 0 bridgehead atoms. The second kappa shape index (κ2) is 6.15. The van der Waals surface area contributed by atoms with Gasteiger partial charge < -0.3 is 13.9 Å². The minimum absolute atomic E-state index is 0.215. The number of rotatable bonds is 6. The first kappa shape index (κ1) is 12.5. The molecule has 0 radical (unpaired) electrons. The maximum absolute atomic E-state index is 10.9. The van der Waals surface area contributed by atoms with Crippen LogP contribution in [-0.4, -0.2) is 24.7 Å². The van der Waals surface area contributed by atoms with Crippen molar-refractivity contribution in [2.45, 2.75) is 33.1 Å². The van der Waals surface area contributed by atoms with Crippen molar-refractivity contribution in [3.63, 3.8) is 0 Å². The van der Waals surface area contributed by atoms with Crippen LogP contribution in [0, 0.1) is 6.92 Å². The van der Waals surface area contributed by atoms with E-state index in [1.807, 2.05) is 13.8 Å². The molecule has 5 nitrogen and oxygen atoms in total. The van der Waals surface area contributed by atoms with Crippen molar-refractivity contribution < 1.29 is 18.7 Å². The van der Waals surface area contributed by atoms with Crippen LogP contribution in [0.2, 0.25) is 0 Å². The van der Waals surface area contributed by atoms with E-state index in [-0.39, 0.29) is 5.97 Å². The third-order valence-corrected chi connectivity index (χ3v) is 2.07. The Morgan fingerprint density at radius 2 is 2.25 bits per heavy atom. The summed E-state index contributed by atoms with van der Waals surface area (Å²) in [5, 5.41) is 0. The number of aryl methyl sites for hydroxylation is 2. The maximum Gasteiger partial charge on any atom is 0.308 e. The van der Waals surface area contributed by atoms with Crippen LogP contribution in [0.3, 0.4) is 0 Å². The van der Waals surface area contributed by atoms with Crippen LogP contribution >= 0.6 is 0 Å². The molecule has 1 aromatic heterocycles. The van der Waals surface area contributed by atoms with Gasteiger partial charge in [0.2, 0.25) is 0 Å². The summed E-state index contributed by atoms with van der Waals surface area (Å²) in [6, 6.07) is 0. The highest BCUT2D eigenvalue weighted by Crippen LogP contribution is 2.20. The van der Waals surface area contributed by atoms with Crippen molar-refractivity contribution in [2.75, 3.05) is 13.7 Å². The fourth-order valence-electron chi connectivity index (χ4n) is 1.29. The lowest BCUT2D eigenvalue weighted by atomic mass is 10.2. The molecule has 90 valence electrons. The average Bonchev–Trinajstić information content (AvgIpc) is 2.60. The topological polar surface area (TPSA) is 61.6 Å². The van der Waals surface area contributed by atoms with Crippen molar-refractivity contribution in [2.24, 2.45) is 0 Å². The summed E-state index contributed by atoms with van der Waals surface area (Å²) in [7, 11) is 1.38. The number of methoxy groups -OCH3 is 1. The van der Waals surface area contributed by atoms with Crippen molar-refractivity contribution in [1.82, 2.24) is 4.98 Å². The van der Waals surface area contributed by atoms with E-state index in [9.17, 15) is 4.79 Å². The second-order valence-electron chi connectivity index (χ2n) is 3.34. The fourth-order valence-corrected chi connectivity index (χ4v) is 1.29. The number of nitrogens with zero attached hydrogens (tertiary/aromatic N) is 1. The third-order valence-electron chi connectivity index (χ3n) is 2.07. The number of ether oxygens (including phenoxy) is 2. The molecule has 0 aliphatic carbocycles. The Morgan fingerprint density at radius 1 is 1.50 bits per heavy atom. The minimum Gasteiger partial charge on any atom is -0.469 e. The van der Waals surface area contributed by atoms with Gasteiger partial charge in [0.05, 0.1) is 13.7 Å². The normalized spacial score (nSPS) is 10.2. The molecule has 0 aliphatic heterocycles. The zero-order valence-corrected chi connectivity index (χ0v) is 9.91. The molecule has 0 aromatic carbocycles. The van der Waals surface area contributed by atoms with Gasteiger partial charge in [0.25, 0.3) is 0 Å². The average molecular weight is 227 g/mol. The number of aromatic nitrogens is 1. The van der Waals surface area contributed by atoms with Crippen molar-refractivity contribution in [3.05, 3.63) is 11.6 Å². The van der Waals surface area contributed by atoms with E-state index in [2.05, 4.69) is 9.72 Å². The van der Waals surface area contributed by atoms with Crippen LogP contribution < -0.4 is 4.74 Å². The zero-order chi connectivity index (χ0) is 12.0. The lowest BCUT2D eigenvalue weighted by Crippen LogP contribution is -2.00. The number of hydrogen-bond acceptors (Lipinski definition) is 5. The summed E-state index contributed by atoms with van der Waals surface area (Å²) in [4.78, 5) is 15.1. The fraction of sp³-hybridized carbons (Fsp3) is 0.636. The van der Waals surface area contributed by atoms with Crippen LogP contribution in [0.15, 0.2) is 4.42 Å². The number of carbonyl (C=O) groups is 1. The van der Waals surface area contributed by atoms with Gasteiger partial charge in [-0.3, -0.25) is 4.79 Å². The lowest BCUT2D eigenvalue weighted by Gasteiger charge is -1.97. The van der Waals surface area contributed by atoms with Gasteiger partial charge in [-0.05, 0) is 20.3 Å². The molecule has 0 aliphatic rings. The monoisotopic (exact) mass is 227 g/mol. The molecule has 0 fully saturated rings. The van der Waals surface area contributed by atoms with Crippen molar-refractivity contribution in [1.29, 1.82) is 0 Å². The number of carbonyl (C=O) groups excluding carboxylic acids is 1. The summed E-state index contributed by atoms with van der Waals surface area (Å²) in [6.45, 7) is 4.27. The van der Waals surface area contributed by atoms with E-state index in [4.69, 9.17) is 9.15 Å². The zero-order valence-electron chi connectivity index (χ0n) is 9.91. The summed E-state index contributed by atoms with van der Waals surface area (Å²) in [5.74, 6) is 0.855.